The fraction of sp³-hybridized carbons (Fsp3) is 0.462. The molecule has 3 nitrogen and oxygen atoms in total. The predicted octanol–water partition coefficient (Wildman–Crippen LogP) is 2.63. The topological polar surface area (TPSA) is 52.0 Å². The van der Waals surface area contributed by atoms with Crippen molar-refractivity contribution in [3.63, 3.8) is 0 Å². The average Bonchev–Trinajstić information content (AvgIpc) is 2.60. The number of aromatic nitrogens is 1. The van der Waals surface area contributed by atoms with Crippen LogP contribution in [0.3, 0.4) is 0 Å². The zero-order chi connectivity index (χ0) is 11.8. The number of hydrogen-bond acceptors (Lipinski definition) is 3. The summed E-state index contributed by atoms with van der Waals surface area (Å²) in [6.45, 7) is 7.05. The standard InChI is InChI=1S/C13H18N2O/c1-13(2,3)12-10-8-9(6-7-14)4-5-11(10)15-16-12/h4-5,8H,6-7,14H2,1-3H3. The van der Waals surface area contributed by atoms with Gasteiger partial charge in [-0.2, -0.15) is 0 Å². The molecule has 2 aromatic rings. The van der Waals surface area contributed by atoms with Gasteiger partial charge in [0.25, 0.3) is 0 Å². The van der Waals surface area contributed by atoms with E-state index in [2.05, 4.69) is 38.1 Å². The van der Waals surface area contributed by atoms with Crippen molar-refractivity contribution < 1.29 is 4.52 Å². The second kappa shape index (κ2) is 3.91. The second-order valence-electron chi connectivity index (χ2n) is 5.15. The van der Waals surface area contributed by atoms with Crippen LogP contribution >= 0.6 is 0 Å². The van der Waals surface area contributed by atoms with Crippen LogP contribution in [-0.4, -0.2) is 11.7 Å². The Hall–Kier alpha value is -1.35. The molecular weight excluding hydrogens is 200 g/mol. The van der Waals surface area contributed by atoms with Crippen molar-refractivity contribution in [2.24, 2.45) is 5.73 Å². The van der Waals surface area contributed by atoms with E-state index >= 15 is 0 Å². The summed E-state index contributed by atoms with van der Waals surface area (Å²) in [6.07, 6.45) is 0.894. The summed E-state index contributed by atoms with van der Waals surface area (Å²) in [5.41, 5.74) is 7.71. The van der Waals surface area contributed by atoms with Crippen molar-refractivity contribution >= 4 is 10.9 Å². The van der Waals surface area contributed by atoms with Gasteiger partial charge in [-0.1, -0.05) is 32.0 Å². The molecule has 1 heterocycles. The molecule has 0 radical (unpaired) electrons. The first kappa shape index (κ1) is 11.1. The molecule has 1 aromatic carbocycles. The molecule has 3 heteroatoms. The highest BCUT2D eigenvalue weighted by Gasteiger charge is 2.22. The molecule has 16 heavy (non-hydrogen) atoms. The van der Waals surface area contributed by atoms with Crippen LogP contribution in [-0.2, 0) is 11.8 Å². The summed E-state index contributed by atoms with van der Waals surface area (Å²) >= 11 is 0. The van der Waals surface area contributed by atoms with Crippen LogP contribution in [0.4, 0.5) is 0 Å². The molecule has 0 unspecified atom stereocenters. The highest BCUT2D eigenvalue weighted by Crippen LogP contribution is 2.30. The van der Waals surface area contributed by atoms with Crippen molar-refractivity contribution in [2.75, 3.05) is 6.54 Å². The lowest BCUT2D eigenvalue weighted by Crippen LogP contribution is -2.10. The Morgan fingerprint density at radius 1 is 1.31 bits per heavy atom. The third kappa shape index (κ3) is 1.95. The van der Waals surface area contributed by atoms with Gasteiger partial charge >= 0.3 is 0 Å². The predicted molar refractivity (Wildman–Crippen MR) is 65.5 cm³/mol. The van der Waals surface area contributed by atoms with Crippen molar-refractivity contribution in [1.29, 1.82) is 0 Å². The lowest BCUT2D eigenvalue weighted by Gasteiger charge is -2.14. The zero-order valence-electron chi connectivity index (χ0n) is 10.1. The zero-order valence-corrected chi connectivity index (χ0v) is 10.1. The number of nitrogens with two attached hydrogens (primary N) is 1. The van der Waals surface area contributed by atoms with E-state index in [4.69, 9.17) is 10.3 Å². The van der Waals surface area contributed by atoms with Gasteiger partial charge in [0.1, 0.15) is 11.3 Å². The Morgan fingerprint density at radius 2 is 2.06 bits per heavy atom. The Morgan fingerprint density at radius 3 is 2.69 bits per heavy atom. The summed E-state index contributed by atoms with van der Waals surface area (Å²) in [7, 11) is 0. The van der Waals surface area contributed by atoms with Crippen molar-refractivity contribution in [1.82, 2.24) is 5.16 Å². The lowest BCUT2D eigenvalue weighted by atomic mass is 9.90. The molecule has 0 aliphatic rings. The van der Waals surface area contributed by atoms with Crippen LogP contribution in [0.2, 0.25) is 0 Å². The molecule has 1 aromatic heterocycles. The van der Waals surface area contributed by atoms with E-state index < -0.39 is 0 Å². The normalized spacial score (nSPS) is 12.2. The van der Waals surface area contributed by atoms with E-state index in [-0.39, 0.29) is 5.41 Å². The largest absolute Gasteiger partial charge is 0.360 e. The summed E-state index contributed by atoms with van der Waals surface area (Å²) < 4.78 is 5.43. The summed E-state index contributed by atoms with van der Waals surface area (Å²) in [4.78, 5) is 0. The van der Waals surface area contributed by atoms with Crippen LogP contribution in [0.15, 0.2) is 22.7 Å². The van der Waals surface area contributed by atoms with Gasteiger partial charge in [0, 0.05) is 10.8 Å². The maximum absolute atomic E-state index is 5.56. The summed E-state index contributed by atoms with van der Waals surface area (Å²) in [5.74, 6) is 0.946. The number of rotatable bonds is 2. The molecule has 0 spiro atoms. The van der Waals surface area contributed by atoms with Crippen LogP contribution in [0.25, 0.3) is 10.9 Å². The third-order valence-electron chi connectivity index (χ3n) is 2.66. The van der Waals surface area contributed by atoms with Crippen LogP contribution < -0.4 is 5.73 Å². The highest BCUT2D eigenvalue weighted by molar-refractivity contribution is 5.82. The van der Waals surface area contributed by atoms with Crippen LogP contribution in [0.5, 0.6) is 0 Å². The van der Waals surface area contributed by atoms with E-state index in [1.807, 2.05) is 6.07 Å². The summed E-state index contributed by atoms with van der Waals surface area (Å²) in [6, 6.07) is 6.20. The minimum Gasteiger partial charge on any atom is -0.360 e. The molecule has 0 atom stereocenters. The molecule has 0 bridgehead atoms. The Labute approximate surface area is 95.6 Å². The average molecular weight is 218 g/mol. The molecule has 2 rings (SSSR count). The molecule has 0 aliphatic carbocycles. The van der Waals surface area contributed by atoms with Gasteiger partial charge in [-0.15, -0.1) is 0 Å². The molecule has 0 aliphatic heterocycles. The number of fused-ring (bicyclic) bond motifs is 1. The fourth-order valence-corrected chi connectivity index (χ4v) is 1.85. The third-order valence-corrected chi connectivity index (χ3v) is 2.66. The maximum atomic E-state index is 5.56. The van der Waals surface area contributed by atoms with E-state index in [0.29, 0.717) is 6.54 Å². The quantitative estimate of drug-likeness (QED) is 0.843. The number of nitrogens with zero attached hydrogens (tertiary/aromatic N) is 1. The molecule has 0 saturated carbocycles. The van der Waals surface area contributed by atoms with Crippen LogP contribution in [0.1, 0.15) is 32.1 Å². The van der Waals surface area contributed by atoms with Crippen molar-refractivity contribution in [3.05, 3.63) is 29.5 Å². The van der Waals surface area contributed by atoms with Gasteiger partial charge in [0.15, 0.2) is 0 Å². The monoisotopic (exact) mass is 218 g/mol. The van der Waals surface area contributed by atoms with Gasteiger partial charge < -0.3 is 10.3 Å². The van der Waals surface area contributed by atoms with Gasteiger partial charge in [0.2, 0.25) is 0 Å². The Balaban J connectivity index is 2.56. The van der Waals surface area contributed by atoms with Crippen LogP contribution in [0, 0.1) is 0 Å². The first-order valence-electron chi connectivity index (χ1n) is 5.61. The van der Waals surface area contributed by atoms with E-state index in [1.54, 1.807) is 0 Å². The number of benzene rings is 1. The van der Waals surface area contributed by atoms with E-state index in [1.165, 1.54) is 5.56 Å². The molecule has 0 saturated heterocycles. The van der Waals surface area contributed by atoms with Crippen molar-refractivity contribution in [2.45, 2.75) is 32.6 Å². The lowest BCUT2D eigenvalue weighted by molar-refractivity contribution is 0.336. The molecule has 0 amide bonds. The van der Waals surface area contributed by atoms with Gasteiger partial charge in [-0.3, -0.25) is 0 Å². The van der Waals surface area contributed by atoms with Gasteiger partial charge in [-0.05, 0) is 30.7 Å². The highest BCUT2D eigenvalue weighted by atomic mass is 16.5. The minimum absolute atomic E-state index is 0.0178. The SMILES string of the molecule is CC(C)(C)c1onc2ccc(CCN)cc12. The first-order valence-corrected chi connectivity index (χ1v) is 5.61. The Kier molecular flexibility index (Phi) is 2.72. The summed E-state index contributed by atoms with van der Waals surface area (Å²) in [5, 5.41) is 5.19. The molecule has 2 N–H and O–H groups in total. The van der Waals surface area contributed by atoms with E-state index in [9.17, 15) is 0 Å². The fourth-order valence-electron chi connectivity index (χ4n) is 1.85. The molecular formula is C13H18N2O. The van der Waals surface area contributed by atoms with Gasteiger partial charge in [0.05, 0.1) is 0 Å². The smallest absolute Gasteiger partial charge is 0.149 e. The van der Waals surface area contributed by atoms with Crippen molar-refractivity contribution in [3.8, 4) is 0 Å². The first-order chi connectivity index (χ1) is 7.52. The number of hydrogen-bond donors (Lipinski definition) is 1. The molecule has 86 valence electrons. The maximum Gasteiger partial charge on any atom is 0.149 e. The van der Waals surface area contributed by atoms with Gasteiger partial charge in [-0.25, -0.2) is 0 Å². The van der Waals surface area contributed by atoms with E-state index in [0.717, 1.165) is 23.1 Å². The minimum atomic E-state index is -0.0178. The second-order valence-corrected chi connectivity index (χ2v) is 5.15. The molecule has 0 fully saturated rings. The Bertz CT molecular complexity index is 494.